The molecular weight excluding hydrogens is 266 g/mol. The first-order valence-corrected chi connectivity index (χ1v) is 6.81. The molecule has 2 rings (SSSR count). The summed E-state index contributed by atoms with van der Waals surface area (Å²) in [4.78, 5) is 0. The van der Waals surface area contributed by atoms with Crippen molar-refractivity contribution >= 4 is 0 Å². The highest BCUT2D eigenvalue weighted by atomic mass is 16.5. The smallest absolute Gasteiger partial charge is 0.257 e. The van der Waals surface area contributed by atoms with E-state index in [9.17, 15) is 5.26 Å². The molecule has 21 heavy (non-hydrogen) atoms. The van der Waals surface area contributed by atoms with E-state index >= 15 is 0 Å². The summed E-state index contributed by atoms with van der Waals surface area (Å²) in [5, 5.41) is 17.3. The second kappa shape index (κ2) is 6.71. The van der Waals surface area contributed by atoms with Gasteiger partial charge in [-0.15, -0.1) is 5.10 Å². The van der Waals surface area contributed by atoms with Crippen molar-refractivity contribution in [2.24, 2.45) is 0 Å². The van der Waals surface area contributed by atoms with Crippen LogP contribution in [0.25, 0.3) is 0 Å². The van der Waals surface area contributed by atoms with Crippen molar-refractivity contribution in [2.45, 2.75) is 27.2 Å². The van der Waals surface area contributed by atoms with Crippen LogP contribution in [-0.2, 0) is 0 Å². The first-order valence-electron chi connectivity index (χ1n) is 6.81. The lowest BCUT2D eigenvalue weighted by molar-refractivity contribution is 0.300. The van der Waals surface area contributed by atoms with Gasteiger partial charge < -0.3 is 9.47 Å². The fourth-order valence-corrected chi connectivity index (χ4v) is 1.76. The molecule has 5 nitrogen and oxygen atoms in total. The molecule has 1 aromatic carbocycles. The van der Waals surface area contributed by atoms with Crippen molar-refractivity contribution in [3.63, 3.8) is 0 Å². The van der Waals surface area contributed by atoms with Gasteiger partial charge in [-0.1, -0.05) is 19.1 Å². The summed E-state index contributed by atoms with van der Waals surface area (Å²) < 4.78 is 11.4. The maximum atomic E-state index is 9.28. The van der Waals surface area contributed by atoms with Gasteiger partial charge >= 0.3 is 0 Å². The van der Waals surface area contributed by atoms with Gasteiger partial charge in [0.1, 0.15) is 11.6 Å². The maximum absolute atomic E-state index is 9.28. The average molecular weight is 283 g/mol. The van der Waals surface area contributed by atoms with Crippen LogP contribution < -0.4 is 9.47 Å². The minimum absolute atomic E-state index is 0.202. The molecule has 0 saturated carbocycles. The molecule has 0 radical (unpaired) electrons. The minimum atomic E-state index is 0.202. The van der Waals surface area contributed by atoms with Gasteiger partial charge in [0, 0.05) is 0 Å². The van der Waals surface area contributed by atoms with E-state index in [2.05, 4.69) is 16.3 Å². The molecule has 0 atom stereocenters. The number of nitriles is 1. The summed E-state index contributed by atoms with van der Waals surface area (Å²) in [5.41, 5.74) is 1.89. The Morgan fingerprint density at radius 1 is 1.14 bits per heavy atom. The molecule has 1 heterocycles. The van der Waals surface area contributed by atoms with Gasteiger partial charge in [-0.25, -0.2) is 0 Å². The molecule has 0 fully saturated rings. The van der Waals surface area contributed by atoms with Crippen molar-refractivity contribution in [1.82, 2.24) is 10.2 Å². The molecule has 108 valence electrons. The fraction of sp³-hybridized carbons (Fsp3) is 0.312. The number of aryl methyl sites for hydroxylation is 1. The van der Waals surface area contributed by atoms with Crippen LogP contribution in [0.4, 0.5) is 0 Å². The van der Waals surface area contributed by atoms with Gasteiger partial charge in [-0.3, -0.25) is 0 Å². The topological polar surface area (TPSA) is 68.0 Å². The minimum Gasteiger partial charge on any atom is -0.490 e. The second-order valence-electron chi connectivity index (χ2n) is 4.60. The summed E-state index contributed by atoms with van der Waals surface area (Å²) in [6.45, 7) is 6.27. The molecule has 0 bridgehead atoms. The van der Waals surface area contributed by atoms with Crippen molar-refractivity contribution in [3.8, 4) is 23.4 Å². The molecule has 0 unspecified atom stereocenters. The first kappa shape index (κ1) is 14.8. The predicted octanol–water partition coefficient (Wildman–Crippen LogP) is 3.55. The van der Waals surface area contributed by atoms with E-state index in [4.69, 9.17) is 9.47 Å². The number of benzene rings is 1. The van der Waals surface area contributed by atoms with Crippen LogP contribution in [0.2, 0.25) is 0 Å². The van der Waals surface area contributed by atoms with E-state index in [-0.39, 0.29) is 5.88 Å². The lowest BCUT2D eigenvalue weighted by Crippen LogP contribution is -2.02. The number of nitrogens with zero attached hydrogens (tertiary/aromatic N) is 3. The normalized spacial score (nSPS) is 10.0. The van der Waals surface area contributed by atoms with E-state index in [1.807, 2.05) is 39.0 Å². The summed E-state index contributed by atoms with van der Waals surface area (Å²) in [6.07, 6.45) is 0.904. The molecular formula is C16H17N3O2. The molecule has 1 aromatic heterocycles. The first-order chi connectivity index (χ1) is 10.2. The molecule has 0 saturated heterocycles. The highest BCUT2D eigenvalue weighted by molar-refractivity contribution is 5.48. The van der Waals surface area contributed by atoms with Gasteiger partial charge in [0.05, 0.1) is 12.3 Å². The second-order valence-corrected chi connectivity index (χ2v) is 4.60. The van der Waals surface area contributed by atoms with Crippen LogP contribution >= 0.6 is 0 Å². The number of hydrogen-bond acceptors (Lipinski definition) is 5. The zero-order valence-electron chi connectivity index (χ0n) is 12.4. The summed E-state index contributed by atoms with van der Waals surface area (Å²) >= 11 is 0. The highest BCUT2D eigenvalue weighted by Crippen LogP contribution is 2.32. The van der Waals surface area contributed by atoms with Crippen LogP contribution in [-0.4, -0.2) is 16.8 Å². The fourth-order valence-electron chi connectivity index (χ4n) is 1.76. The SMILES string of the molecule is CCCOc1ccccc1Oc1nnc(C)c(C)c1C#N. The summed E-state index contributed by atoms with van der Waals surface area (Å²) in [7, 11) is 0. The van der Waals surface area contributed by atoms with Crippen LogP contribution in [0, 0.1) is 25.2 Å². The number of ether oxygens (including phenoxy) is 2. The lowest BCUT2D eigenvalue weighted by Gasteiger charge is -2.12. The van der Waals surface area contributed by atoms with Crippen LogP contribution in [0.15, 0.2) is 24.3 Å². The van der Waals surface area contributed by atoms with E-state index in [1.54, 1.807) is 6.07 Å². The molecule has 0 aliphatic carbocycles. The van der Waals surface area contributed by atoms with Gasteiger partial charge in [0.25, 0.3) is 5.88 Å². The predicted molar refractivity (Wildman–Crippen MR) is 78.5 cm³/mol. The van der Waals surface area contributed by atoms with Crippen LogP contribution in [0.5, 0.6) is 17.4 Å². The third-order valence-corrected chi connectivity index (χ3v) is 3.05. The van der Waals surface area contributed by atoms with Gasteiger partial charge in [-0.05, 0) is 38.0 Å². The summed E-state index contributed by atoms with van der Waals surface area (Å²) in [6, 6.07) is 9.44. The Bertz CT molecular complexity index is 678. The Hall–Kier alpha value is -2.61. The van der Waals surface area contributed by atoms with E-state index in [0.29, 0.717) is 23.7 Å². The molecule has 0 aliphatic rings. The highest BCUT2D eigenvalue weighted by Gasteiger charge is 2.14. The number of aromatic nitrogens is 2. The number of para-hydroxylation sites is 2. The van der Waals surface area contributed by atoms with Crippen molar-refractivity contribution in [3.05, 3.63) is 41.1 Å². The van der Waals surface area contributed by atoms with E-state index in [1.165, 1.54) is 0 Å². The standard InChI is InChI=1S/C16H17N3O2/c1-4-9-20-14-7-5-6-8-15(14)21-16-13(10-17)11(2)12(3)18-19-16/h5-8H,4,9H2,1-3H3. The molecule has 0 amide bonds. The Balaban J connectivity index is 2.35. The number of rotatable bonds is 5. The molecule has 0 spiro atoms. The van der Waals surface area contributed by atoms with E-state index in [0.717, 1.165) is 17.7 Å². The Morgan fingerprint density at radius 2 is 1.86 bits per heavy atom. The van der Waals surface area contributed by atoms with Gasteiger partial charge in [0.2, 0.25) is 0 Å². The molecule has 0 aliphatic heterocycles. The van der Waals surface area contributed by atoms with E-state index < -0.39 is 0 Å². The quantitative estimate of drug-likeness (QED) is 0.839. The molecule has 0 N–H and O–H groups in total. The van der Waals surface area contributed by atoms with Crippen molar-refractivity contribution in [1.29, 1.82) is 5.26 Å². The third-order valence-electron chi connectivity index (χ3n) is 3.05. The van der Waals surface area contributed by atoms with Crippen LogP contribution in [0.1, 0.15) is 30.2 Å². The maximum Gasteiger partial charge on any atom is 0.257 e. The molecule has 2 aromatic rings. The van der Waals surface area contributed by atoms with Crippen LogP contribution in [0.3, 0.4) is 0 Å². The van der Waals surface area contributed by atoms with Gasteiger partial charge in [0.15, 0.2) is 11.5 Å². The van der Waals surface area contributed by atoms with Crippen molar-refractivity contribution < 1.29 is 9.47 Å². The van der Waals surface area contributed by atoms with Crippen molar-refractivity contribution in [2.75, 3.05) is 6.61 Å². The Morgan fingerprint density at radius 3 is 2.52 bits per heavy atom. The monoisotopic (exact) mass is 283 g/mol. The largest absolute Gasteiger partial charge is 0.490 e. The Labute approximate surface area is 124 Å². The third kappa shape index (κ3) is 3.29. The lowest BCUT2D eigenvalue weighted by atomic mass is 10.1. The number of hydrogen-bond donors (Lipinski definition) is 0. The van der Waals surface area contributed by atoms with Gasteiger partial charge in [-0.2, -0.15) is 10.4 Å². The Kier molecular flexibility index (Phi) is 4.72. The molecule has 5 heteroatoms. The average Bonchev–Trinajstić information content (AvgIpc) is 2.50. The zero-order chi connectivity index (χ0) is 15.2. The zero-order valence-corrected chi connectivity index (χ0v) is 12.4. The summed E-state index contributed by atoms with van der Waals surface area (Å²) in [5.74, 6) is 1.36.